The minimum absolute atomic E-state index is 0.231. The van der Waals surface area contributed by atoms with Crippen molar-refractivity contribution in [3.05, 3.63) is 76.4 Å². The van der Waals surface area contributed by atoms with E-state index in [2.05, 4.69) is 10.1 Å². The Bertz CT molecular complexity index is 1770. The fraction of sp³-hybridized carbons (Fsp3) is 0.250. The fourth-order valence-electron chi connectivity index (χ4n) is 5.28. The summed E-state index contributed by atoms with van der Waals surface area (Å²) >= 11 is 1.26. The number of benzene rings is 2. The van der Waals surface area contributed by atoms with Crippen molar-refractivity contribution in [2.45, 2.75) is 45.6 Å². The Hall–Kier alpha value is -4.45. The molecule has 1 aliphatic heterocycles. The molecule has 1 atom stereocenters. The molecule has 0 aliphatic carbocycles. The van der Waals surface area contributed by atoms with Crippen LogP contribution in [0, 0.1) is 25.5 Å². The summed E-state index contributed by atoms with van der Waals surface area (Å²) in [6, 6.07) is 8.50. The van der Waals surface area contributed by atoms with Crippen LogP contribution in [0.5, 0.6) is 0 Å². The molecule has 3 aromatic heterocycles. The van der Waals surface area contributed by atoms with E-state index >= 15 is 0 Å². The number of carbonyl (C=O) groups is 2. The Labute approximate surface area is 230 Å². The summed E-state index contributed by atoms with van der Waals surface area (Å²) in [5.74, 6) is -2.14. The number of carboxylic acids is 1. The molecule has 0 radical (unpaired) electrons. The highest BCUT2D eigenvalue weighted by Gasteiger charge is 2.35. The molecule has 9 nitrogen and oxygen atoms in total. The van der Waals surface area contributed by atoms with Crippen molar-refractivity contribution < 1.29 is 28.0 Å². The van der Waals surface area contributed by atoms with Crippen molar-refractivity contribution in [2.24, 2.45) is 0 Å². The number of aromatic nitrogens is 4. The van der Waals surface area contributed by atoms with Crippen LogP contribution in [0.3, 0.4) is 0 Å². The number of carboxylic acid groups (broad SMARTS) is 1. The molecule has 40 heavy (non-hydrogen) atoms. The van der Waals surface area contributed by atoms with E-state index in [1.165, 1.54) is 22.3 Å². The molecular weight excluding hydrogens is 540 g/mol. The van der Waals surface area contributed by atoms with Crippen LogP contribution in [0.15, 0.2) is 46.3 Å². The minimum atomic E-state index is -1.05. The summed E-state index contributed by atoms with van der Waals surface area (Å²) in [7, 11) is 0. The Kier molecular flexibility index (Phi) is 6.41. The largest absolute Gasteiger partial charge is 0.481 e. The number of halogens is 2. The highest BCUT2D eigenvalue weighted by atomic mass is 32.1. The van der Waals surface area contributed by atoms with Crippen LogP contribution in [-0.4, -0.2) is 36.7 Å². The van der Waals surface area contributed by atoms with Gasteiger partial charge in [0.05, 0.1) is 34.9 Å². The van der Waals surface area contributed by atoms with Gasteiger partial charge in [0.15, 0.2) is 16.8 Å². The molecule has 5 aromatic rings. The van der Waals surface area contributed by atoms with E-state index in [9.17, 15) is 23.5 Å². The molecule has 1 saturated heterocycles. The maximum absolute atomic E-state index is 14.3. The third-order valence-electron chi connectivity index (χ3n) is 6.99. The van der Waals surface area contributed by atoms with Gasteiger partial charge in [0.2, 0.25) is 5.91 Å². The lowest BCUT2D eigenvalue weighted by Gasteiger charge is -2.35. The average Bonchev–Trinajstić information content (AvgIpc) is 3.61. The zero-order valence-electron chi connectivity index (χ0n) is 21.5. The number of hydrogen-bond acceptors (Lipinski definition) is 7. The van der Waals surface area contributed by atoms with E-state index in [1.54, 1.807) is 5.38 Å². The van der Waals surface area contributed by atoms with Gasteiger partial charge in [-0.1, -0.05) is 11.2 Å². The number of thiazole rings is 1. The van der Waals surface area contributed by atoms with Crippen molar-refractivity contribution in [3.63, 3.8) is 0 Å². The number of aryl methyl sites for hydroxylation is 2. The number of amides is 1. The van der Waals surface area contributed by atoms with Crippen LogP contribution in [0.2, 0.25) is 0 Å². The third kappa shape index (κ3) is 4.43. The summed E-state index contributed by atoms with van der Waals surface area (Å²) in [5.41, 5.74) is 4.38. The summed E-state index contributed by atoms with van der Waals surface area (Å²) in [5, 5.41) is 15.5. The van der Waals surface area contributed by atoms with Gasteiger partial charge >= 0.3 is 5.97 Å². The van der Waals surface area contributed by atoms with Gasteiger partial charge in [0.25, 0.3) is 0 Å². The molecule has 0 unspecified atom stereocenters. The van der Waals surface area contributed by atoms with Crippen LogP contribution < -0.4 is 4.90 Å². The fourth-order valence-corrected chi connectivity index (χ4v) is 6.13. The first-order chi connectivity index (χ1) is 19.2. The third-order valence-corrected chi connectivity index (χ3v) is 7.87. The van der Waals surface area contributed by atoms with Gasteiger partial charge < -0.3 is 14.5 Å². The number of rotatable bonds is 6. The van der Waals surface area contributed by atoms with Crippen molar-refractivity contribution in [3.8, 4) is 16.3 Å². The second-order valence-electron chi connectivity index (χ2n) is 9.67. The highest BCUT2D eigenvalue weighted by molar-refractivity contribution is 7.12. The van der Waals surface area contributed by atoms with Crippen molar-refractivity contribution in [1.82, 2.24) is 19.7 Å². The maximum atomic E-state index is 14.3. The molecule has 6 rings (SSSR count). The van der Waals surface area contributed by atoms with Gasteiger partial charge in [-0.05, 0) is 56.5 Å². The quantitative estimate of drug-likeness (QED) is 0.273. The van der Waals surface area contributed by atoms with Gasteiger partial charge in [-0.2, -0.15) is 0 Å². The van der Waals surface area contributed by atoms with Crippen LogP contribution in [0.1, 0.15) is 48.3 Å². The lowest BCUT2D eigenvalue weighted by atomic mass is 9.99. The second kappa shape index (κ2) is 9.94. The second-order valence-corrected chi connectivity index (χ2v) is 10.5. The Morgan fingerprint density at radius 3 is 2.70 bits per heavy atom. The average molecular weight is 564 g/mol. The van der Waals surface area contributed by atoms with Crippen LogP contribution in [0.25, 0.3) is 27.3 Å². The summed E-state index contributed by atoms with van der Waals surface area (Å²) in [6.45, 7) is 3.68. The van der Waals surface area contributed by atoms with Crippen molar-refractivity contribution in [1.29, 1.82) is 0 Å². The first-order valence-corrected chi connectivity index (χ1v) is 13.5. The predicted octanol–water partition coefficient (Wildman–Crippen LogP) is 5.92. The normalized spacial score (nSPS) is 15.8. The standard InChI is InChI=1S/C28H23F2N5O4S/c1-14-26(15(2)39-33-14)16-6-9-22-21(10-16)32-27(35(22)28-31-17(13-40-28)11-25(37)38)23-4-3-5-24(36)34(23)18-7-8-19(29)20(30)12-18/h6-10,12-13,23H,3-5,11H2,1-2H3,(H,37,38)/t23-/m0/s1. The van der Waals surface area contributed by atoms with Gasteiger partial charge in [-0.25, -0.2) is 18.7 Å². The van der Waals surface area contributed by atoms with Gasteiger partial charge in [-0.3, -0.25) is 14.2 Å². The highest BCUT2D eigenvalue weighted by Crippen LogP contribution is 2.40. The molecule has 1 N–H and O–H groups in total. The van der Waals surface area contributed by atoms with Crippen LogP contribution in [-0.2, 0) is 16.0 Å². The van der Waals surface area contributed by atoms with E-state index in [0.29, 0.717) is 46.3 Å². The summed E-state index contributed by atoms with van der Waals surface area (Å²) < 4.78 is 35.2. The topological polar surface area (TPSA) is 114 Å². The van der Waals surface area contributed by atoms with Gasteiger partial charge in [-0.15, -0.1) is 11.3 Å². The van der Waals surface area contributed by atoms with Gasteiger partial charge in [0.1, 0.15) is 11.6 Å². The monoisotopic (exact) mass is 563 g/mol. The predicted molar refractivity (Wildman–Crippen MR) is 143 cm³/mol. The lowest BCUT2D eigenvalue weighted by Crippen LogP contribution is -2.39. The molecule has 2 aromatic carbocycles. The first kappa shape index (κ1) is 25.8. The van der Waals surface area contributed by atoms with Crippen LogP contribution in [0.4, 0.5) is 14.5 Å². The number of nitrogens with zero attached hydrogens (tertiary/aromatic N) is 5. The van der Waals surface area contributed by atoms with E-state index in [4.69, 9.17) is 9.51 Å². The number of piperidine rings is 1. The summed E-state index contributed by atoms with van der Waals surface area (Å²) in [6.07, 6.45) is 1.13. The number of aliphatic carboxylic acids is 1. The summed E-state index contributed by atoms with van der Waals surface area (Å²) in [4.78, 5) is 35.5. The lowest BCUT2D eigenvalue weighted by molar-refractivity contribution is -0.136. The number of carbonyl (C=O) groups excluding carboxylic acids is 1. The van der Waals surface area contributed by atoms with E-state index in [1.807, 2.05) is 36.6 Å². The number of hydrogen-bond donors (Lipinski definition) is 1. The molecule has 0 spiro atoms. The molecule has 1 aliphatic rings. The van der Waals surface area contributed by atoms with E-state index < -0.39 is 23.6 Å². The molecular formula is C28H23F2N5O4S. The molecule has 1 amide bonds. The number of anilines is 1. The molecule has 4 heterocycles. The van der Waals surface area contributed by atoms with Crippen molar-refractivity contribution in [2.75, 3.05) is 4.90 Å². The molecule has 1 fully saturated rings. The Balaban J connectivity index is 1.55. The molecule has 12 heteroatoms. The smallest absolute Gasteiger partial charge is 0.309 e. The van der Waals surface area contributed by atoms with Crippen LogP contribution >= 0.6 is 11.3 Å². The zero-order chi connectivity index (χ0) is 28.1. The maximum Gasteiger partial charge on any atom is 0.309 e. The molecule has 204 valence electrons. The van der Waals surface area contributed by atoms with E-state index in [-0.39, 0.29) is 24.4 Å². The van der Waals surface area contributed by atoms with E-state index in [0.717, 1.165) is 29.0 Å². The Morgan fingerprint density at radius 1 is 1.15 bits per heavy atom. The molecule has 0 saturated carbocycles. The zero-order valence-corrected chi connectivity index (χ0v) is 22.3. The first-order valence-electron chi connectivity index (χ1n) is 12.6. The van der Waals surface area contributed by atoms with Crippen molar-refractivity contribution >= 4 is 39.9 Å². The number of imidazole rings is 1. The minimum Gasteiger partial charge on any atom is -0.481 e. The van der Waals surface area contributed by atoms with Gasteiger partial charge in [0, 0.05) is 29.1 Å². The number of fused-ring (bicyclic) bond motifs is 1. The molecule has 0 bridgehead atoms. The SMILES string of the molecule is Cc1noc(C)c1-c1ccc2c(c1)nc([C@@H]1CCCC(=O)N1c1ccc(F)c(F)c1)n2-c1nc(CC(=O)O)cs1. The Morgan fingerprint density at radius 2 is 1.98 bits per heavy atom.